The van der Waals surface area contributed by atoms with Gasteiger partial charge in [0, 0.05) is 5.56 Å². The maximum absolute atomic E-state index is 11.9. The Morgan fingerprint density at radius 1 is 1.00 bits per heavy atom. The van der Waals surface area contributed by atoms with E-state index in [0.717, 1.165) is 16.3 Å². The van der Waals surface area contributed by atoms with E-state index in [1.807, 2.05) is 60.7 Å². The maximum Gasteiger partial charge on any atom is 0.235 e. The molecular formula is C19H16ClNO2. The number of carbonyl (C=O) groups excluding carboxylic acids is 1. The zero-order valence-corrected chi connectivity index (χ0v) is 13.1. The number of halogens is 1. The van der Waals surface area contributed by atoms with E-state index >= 15 is 0 Å². The van der Waals surface area contributed by atoms with Gasteiger partial charge in [-0.1, -0.05) is 60.7 Å². The van der Waals surface area contributed by atoms with Crippen molar-refractivity contribution in [2.24, 2.45) is 0 Å². The van der Waals surface area contributed by atoms with Crippen LogP contribution in [0.25, 0.3) is 10.8 Å². The van der Waals surface area contributed by atoms with Gasteiger partial charge in [0.1, 0.15) is 11.6 Å². The van der Waals surface area contributed by atoms with Gasteiger partial charge in [-0.05, 0) is 22.4 Å². The van der Waals surface area contributed by atoms with E-state index in [2.05, 4.69) is 5.32 Å². The number of nitrogens with one attached hydrogen (secondary N) is 1. The fraction of sp³-hybridized carbons (Fsp3) is 0.105. The predicted molar refractivity (Wildman–Crippen MR) is 92.8 cm³/mol. The zero-order chi connectivity index (χ0) is 16.2. The summed E-state index contributed by atoms with van der Waals surface area (Å²) in [6, 6.07) is 20.4. The van der Waals surface area contributed by atoms with Crippen LogP contribution in [0.15, 0.2) is 66.7 Å². The number of hydrogen-bond donors (Lipinski definition) is 2. The molecule has 3 rings (SSSR count). The van der Waals surface area contributed by atoms with Crippen LogP contribution in [0.2, 0.25) is 0 Å². The second-order valence-corrected chi connectivity index (χ2v) is 5.53. The number of hydrogen-bond acceptors (Lipinski definition) is 2. The molecule has 23 heavy (non-hydrogen) atoms. The fourth-order valence-electron chi connectivity index (χ4n) is 2.75. The van der Waals surface area contributed by atoms with Crippen molar-refractivity contribution in [1.29, 1.82) is 0 Å². The molecule has 0 aliphatic rings. The van der Waals surface area contributed by atoms with E-state index in [1.54, 1.807) is 6.07 Å². The molecule has 3 aromatic rings. The Hall–Kier alpha value is -2.52. The van der Waals surface area contributed by atoms with E-state index in [1.165, 1.54) is 0 Å². The minimum atomic E-state index is -0.464. The van der Waals surface area contributed by atoms with Crippen LogP contribution in [0.3, 0.4) is 0 Å². The van der Waals surface area contributed by atoms with E-state index in [9.17, 15) is 9.90 Å². The maximum atomic E-state index is 11.9. The lowest BCUT2D eigenvalue weighted by atomic mass is 9.92. The number of alkyl halides is 1. The Labute approximate surface area is 139 Å². The molecule has 0 fully saturated rings. The molecule has 3 aromatic carbocycles. The van der Waals surface area contributed by atoms with Crippen molar-refractivity contribution in [1.82, 2.24) is 5.32 Å². The third-order valence-electron chi connectivity index (χ3n) is 3.80. The van der Waals surface area contributed by atoms with Crippen molar-refractivity contribution in [3.8, 4) is 5.75 Å². The van der Waals surface area contributed by atoms with Gasteiger partial charge < -0.3 is 10.4 Å². The van der Waals surface area contributed by atoms with Crippen LogP contribution in [-0.4, -0.2) is 16.9 Å². The van der Waals surface area contributed by atoms with Crippen LogP contribution in [0, 0.1) is 0 Å². The largest absolute Gasteiger partial charge is 0.508 e. The highest BCUT2D eigenvalue weighted by atomic mass is 35.5. The highest BCUT2D eigenvalue weighted by Gasteiger charge is 2.21. The van der Waals surface area contributed by atoms with Crippen molar-refractivity contribution in [2.75, 3.05) is 5.88 Å². The van der Waals surface area contributed by atoms with Gasteiger partial charge in [0.25, 0.3) is 0 Å². The van der Waals surface area contributed by atoms with Gasteiger partial charge in [-0.15, -0.1) is 11.6 Å². The Morgan fingerprint density at radius 3 is 2.43 bits per heavy atom. The van der Waals surface area contributed by atoms with Crippen LogP contribution < -0.4 is 5.32 Å². The molecule has 2 N–H and O–H groups in total. The molecule has 0 spiro atoms. The first-order valence-corrected chi connectivity index (χ1v) is 7.85. The number of amides is 1. The van der Waals surface area contributed by atoms with Gasteiger partial charge in [-0.2, -0.15) is 0 Å². The molecule has 116 valence electrons. The van der Waals surface area contributed by atoms with Crippen LogP contribution >= 0.6 is 11.6 Å². The third-order valence-corrected chi connectivity index (χ3v) is 4.04. The number of fused-ring (bicyclic) bond motifs is 1. The molecule has 0 bridgehead atoms. The molecule has 4 heteroatoms. The van der Waals surface area contributed by atoms with Crippen molar-refractivity contribution in [3.05, 3.63) is 77.9 Å². The molecule has 0 aliphatic heterocycles. The highest BCUT2D eigenvalue weighted by Crippen LogP contribution is 2.35. The number of phenolic OH excluding ortho intramolecular Hbond substituents is 1. The molecule has 3 nitrogen and oxygen atoms in total. The summed E-state index contributed by atoms with van der Waals surface area (Å²) in [7, 11) is 0. The summed E-state index contributed by atoms with van der Waals surface area (Å²) in [6.07, 6.45) is 0. The van der Waals surface area contributed by atoms with Gasteiger partial charge in [0.05, 0.1) is 6.04 Å². The van der Waals surface area contributed by atoms with E-state index in [-0.39, 0.29) is 17.5 Å². The molecule has 0 saturated heterocycles. The number of phenols is 1. The average molecular weight is 326 g/mol. The fourth-order valence-corrected chi connectivity index (χ4v) is 2.83. The summed E-state index contributed by atoms with van der Waals surface area (Å²) in [5.74, 6) is -0.269. The number of aromatic hydroxyl groups is 1. The Morgan fingerprint density at radius 2 is 1.70 bits per heavy atom. The molecule has 0 aliphatic carbocycles. The van der Waals surface area contributed by atoms with Crippen LogP contribution in [0.1, 0.15) is 17.2 Å². The van der Waals surface area contributed by atoms with Crippen molar-refractivity contribution in [3.63, 3.8) is 0 Å². The highest BCUT2D eigenvalue weighted by molar-refractivity contribution is 6.27. The topological polar surface area (TPSA) is 49.3 Å². The molecule has 1 atom stereocenters. The molecular weight excluding hydrogens is 310 g/mol. The van der Waals surface area contributed by atoms with Crippen molar-refractivity contribution in [2.45, 2.75) is 6.04 Å². The Kier molecular flexibility index (Phi) is 4.49. The summed E-state index contributed by atoms with van der Waals surface area (Å²) in [5.41, 5.74) is 1.56. The summed E-state index contributed by atoms with van der Waals surface area (Å²) < 4.78 is 0. The third kappa shape index (κ3) is 3.15. The predicted octanol–water partition coefficient (Wildman–Crippen LogP) is 3.99. The molecule has 0 radical (unpaired) electrons. The van der Waals surface area contributed by atoms with Crippen LogP contribution in [-0.2, 0) is 4.79 Å². The SMILES string of the molecule is O=C(CCl)NC(c1ccccc1)c1c(O)ccc2ccccc12. The van der Waals surface area contributed by atoms with Crippen molar-refractivity contribution >= 4 is 28.3 Å². The normalized spacial score (nSPS) is 12.0. The second kappa shape index (κ2) is 6.71. The smallest absolute Gasteiger partial charge is 0.235 e. The molecule has 0 heterocycles. The molecule has 0 saturated carbocycles. The van der Waals surface area contributed by atoms with Crippen molar-refractivity contribution < 1.29 is 9.90 Å². The first-order chi connectivity index (χ1) is 11.2. The summed E-state index contributed by atoms with van der Waals surface area (Å²) in [6.45, 7) is 0. The van der Waals surface area contributed by atoms with Gasteiger partial charge in [-0.3, -0.25) is 4.79 Å². The standard InChI is InChI=1S/C19H16ClNO2/c20-12-17(23)21-19(14-7-2-1-3-8-14)18-15-9-5-4-6-13(15)10-11-16(18)22/h1-11,19,22H,12H2,(H,21,23). The number of rotatable bonds is 4. The lowest BCUT2D eigenvalue weighted by molar-refractivity contribution is -0.119. The molecule has 1 amide bonds. The van der Waals surface area contributed by atoms with Crippen LogP contribution in [0.5, 0.6) is 5.75 Å². The minimum Gasteiger partial charge on any atom is -0.508 e. The van der Waals surface area contributed by atoms with E-state index in [4.69, 9.17) is 11.6 Å². The molecule has 1 unspecified atom stereocenters. The van der Waals surface area contributed by atoms with Gasteiger partial charge in [0.15, 0.2) is 0 Å². The second-order valence-electron chi connectivity index (χ2n) is 5.26. The lowest BCUT2D eigenvalue weighted by Gasteiger charge is -2.22. The molecule has 0 aromatic heterocycles. The zero-order valence-electron chi connectivity index (χ0n) is 12.4. The lowest BCUT2D eigenvalue weighted by Crippen LogP contribution is -2.30. The van der Waals surface area contributed by atoms with Gasteiger partial charge in [0.2, 0.25) is 5.91 Å². The number of carbonyl (C=O) groups is 1. The number of benzene rings is 3. The summed E-state index contributed by atoms with van der Waals surface area (Å²) in [4.78, 5) is 11.9. The first kappa shape index (κ1) is 15.4. The van der Waals surface area contributed by atoms with E-state index < -0.39 is 6.04 Å². The first-order valence-electron chi connectivity index (χ1n) is 7.31. The van der Waals surface area contributed by atoms with Crippen LogP contribution in [0.4, 0.5) is 0 Å². The van der Waals surface area contributed by atoms with E-state index in [0.29, 0.717) is 5.56 Å². The monoisotopic (exact) mass is 325 g/mol. The summed E-state index contributed by atoms with van der Waals surface area (Å²) >= 11 is 5.65. The minimum absolute atomic E-state index is 0.130. The quantitative estimate of drug-likeness (QED) is 0.713. The summed E-state index contributed by atoms with van der Waals surface area (Å²) in [5, 5.41) is 15.2. The average Bonchev–Trinajstić information content (AvgIpc) is 2.60. The Bertz CT molecular complexity index is 833. The van der Waals surface area contributed by atoms with Gasteiger partial charge >= 0.3 is 0 Å². The Balaban J connectivity index is 2.21. The van der Waals surface area contributed by atoms with Gasteiger partial charge in [-0.25, -0.2) is 0 Å².